The van der Waals surface area contributed by atoms with Crippen molar-refractivity contribution < 1.29 is 4.79 Å². The van der Waals surface area contributed by atoms with E-state index in [0.717, 1.165) is 49.3 Å². The van der Waals surface area contributed by atoms with Crippen molar-refractivity contribution in [2.75, 3.05) is 23.3 Å². The summed E-state index contributed by atoms with van der Waals surface area (Å²) in [4.78, 5) is 32.4. The molecule has 1 aromatic carbocycles. The SMILES string of the molecule is CCc1ccccc1NC(=O)Cn1c(N2CCCCC2)nc(C)c(C)c1=O. The molecule has 1 aliphatic heterocycles. The molecule has 1 aliphatic rings. The van der Waals surface area contributed by atoms with Crippen molar-refractivity contribution in [3.05, 3.63) is 51.4 Å². The molecule has 144 valence electrons. The van der Waals surface area contributed by atoms with Gasteiger partial charge in [-0.25, -0.2) is 4.98 Å². The van der Waals surface area contributed by atoms with Crippen LogP contribution in [-0.2, 0) is 17.8 Å². The van der Waals surface area contributed by atoms with Gasteiger partial charge < -0.3 is 10.2 Å². The Morgan fingerprint density at radius 3 is 2.56 bits per heavy atom. The van der Waals surface area contributed by atoms with Crippen LogP contribution in [0.3, 0.4) is 0 Å². The van der Waals surface area contributed by atoms with Gasteiger partial charge in [-0.3, -0.25) is 14.2 Å². The average molecular weight is 368 g/mol. The van der Waals surface area contributed by atoms with Crippen LogP contribution in [0, 0.1) is 13.8 Å². The minimum Gasteiger partial charge on any atom is -0.342 e. The fraction of sp³-hybridized carbons (Fsp3) is 0.476. The summed E-state index contributed by atoms with van der Waals surface area (Å²) in [5.74, 6) is 0.406. The molecule has 1 amide bonds. The number of aryl methyl sites for hydroxylation is 2. The molecule has 1 N–H and O–H groups in total. The molecule has 0 radical (unpaired) electrons. The number of carbonyl (C=O) groups is 1. The van der Waals surface area contributed by atoms with Crippen LogP contribution in [0.1, 0.15) is 43.0 Å². The number of anilines is 2. The summed E-state index contributed by atoms with van der Waals surface area (Å²) < 4.78 is 1.53. The topological polar surface area (TPSA) is 67.2 Å². The van der Waals surface area contributed by atoms with E-state index in [2.05, 4.69) is 22.1 Å². The number of benzene rings is 1. The van der Waals surface area contributed by atoms with Crippen LogP contribution < -0.4 is 15.8 Å². The lowest BCUT2D eigenvalue weighted by atomic mass is 10.1. The number of nitrogens with zero attached hydrogens (tertiary/aromatic N) is 3. The Kier molecular flexibility index (Phi) is 5.94. The second-order valence-electron chi connectivity index (χ2n) is 7.12. The molecule has 1 saturated heterocycles. The number of hydrogen-bond donors (Lipinski definition) is 1. The smallest absolute Gasteiger partial charge is 0.258 e. The van der Waals surface area contributed by atoms with E-state index in [9.17, 15) is 9.59 Å². The number of rotatable bonds is 5. The summed E-state index contributed by atoms with van der Waals surface area (Å²) in [5, 5.41) is 2.96. The van der Waals surface area contributed by atoms with Crippen molar-refractivity contribution in [2.24, 2.45) is 0 Å². The molecule has 2 aromatic rings. The number of nitrogens with one attached hydrogen (secondary N) is 1. The second kappa shape index (κ2) is 8.37. The van der Waals surface area contributed by atoms with Crippen molar-refractivity contribution in [3.63, 3.8) is 0 Å². The summed E-state index contributed by atoms with van der Waals surface area (Å²) in [6.45, 7) is 7.38. The Labute approximate surface area is 160 Å². The molecular weight excluding hydrogens is 340 g/mol. The predicted octanol–water partition coefficient (Wildman–Crippen LogP) is 3.05. The first-order valence-electron chi connectivity index (χ1n) is 9.72. The maximum Gasteiger partial charge on any atom is 0.258 e. The van der Waals surface area contributed by atoms with E-state index in [4.69, 9.17) is 0 Å². The lowest BCUT2D eigenvalue weighted by Crippen LogP contribution is -2.39. The highest BCUT2D eigenvalue weighted by Crippen LogP contribution is 2.19. The van der Waals surface area contributed by atoms with Gasteiger partial charge in [0.25, 0.3) is 5.56 Å². The summed E-state index contributed by atoms with van der Waals surface area (Å²) in [7, 11) is 0. The average Bonchev–Trinajstić information content (AvgIpc) is 2.69. The van der Waals surface area contributed by atoms with Gasteiger partial charge in [0.1, 0.15) is 6.54 Å². The van der Waals surface area contributed by atoms with Crippen molar-refractivity contribution in [1.29, 1.82) is 0 Å². The van der Waals surface area contributed by atoms with Crippen molar-refractivity contribution >= 4 is 17.5 Å². The van der Waals surface area contributed by atoms with Crippen LogP contribution in [0.25, 0.3) is 0 Å². The van der Waals surface area contributed by atoms with Gasteiger partial charge in [-0.1, -0.05) is 25.1 Å². The van der Waals surface area contributed by atoms with Gasteiger partial charge in [-0.2, -0.15) is 0 Å². The number of carbonyl (C=O) groups excluding carboxylic acids is 1. The number of hydrogen-bond acceptors (Lipinski definition) is 4. The van der Waals surface area contributed by atoms with E-state index in [-0.39, 0.29) is 18.0 Å². The van der Waals surface area contributed by atoms with E-state index in [1.807, 2.05) is 31.2 Å². The quantitative estimate of drug-likeness (QED) is 0.881. The van der Waals surface area contributed by atoms with E-state index in [0.29, 0.717) is 11.5 Å². The highest BCUT2D eigenvalue weighted by molar-refractivity contribution is 5.91. The molecule has 0 saturated carbocycles. The van der Waals surface area contributed by atoms with Gasteiger partial charge in [-0.05, 0) is 51.2 Å². The molecule has 2 heterocycles. The second-order valence-corrected chi connectivity index (χ2v) is 7.12. The van der Waals surface area contributed by atoms with Crippen molar-refractivity contribution in [3.8, 4) is 0 Å². The molecule has 0 atom stereocenters. The van der Waals surface area contributed by atoms with Crippen molar-refractivity contribution in [1.82, 2.24) is 9.55 Å². The first-order chi connectivity index (χ1) is 13.0. The van der Waals surface area contributed by atoms with Gasteiger partial charge in [-0.15, -0.1) is 0 Å². The maximum atomic E-state index is 12.9. The fourth-order valence-electron chi connectivity index (χ4n) is 3.50. The Hall–Kier alpha value is -2.63. The molecule has 27 heavy (non-hydrogen) atoms. The van der Waals surface area contributed by atoms with Crippen LogP contribution >= 0.6 is 0 Å². The highest BCUT2D eigenvalue weighted by atomic mass is 16.2. The number of para-hydroxylation sites is 1. The summed E-state index contributed by atoms with van der Waals surface area (Å²) in [5.41, 5.74) is 3.06. The number of piperidine rings is 1. The van der Waals surface area contributed by atoms with Crippen LogP contribution in [0.15, 0.2) is 29.1 Å². The van der Waals surface area contributed by atoms with Crippen LogP contribution in [0.5, 0.6) is 0 Å². The lowest BCUT2D eigenvalue weighted by Gasteiger charge is -2.30. The van der Waals surface area contributed by atoms with Crippen LogP contribution in [0.2, 0.25) is 0 Å². The molecule has 6 nitrogen and oxygen atoms in total. The van der Waals surface area contributed by atoms with Gasteiger partial charge in [0, 0.05) is 30.0 Å². The minimum absolute atomic E-state index is 0.0309. The third-order valence-electron chi connectivity index (χ3n) is 5.23. The Morgan fingerprint density at radius 1 is 1.15 bits per heavy atom. The molecule has 1 aromatic heterocycles. The van der Waals surface area contributed by atoms with E-state index in [1.54, 1.807) is 6.92 Å². The third-order valence-corrected chi connectivity index (χ3v) is 5.23. The Bertz CT molecular complexity index is 882. The third kappa shape index (κ3) is 4.21. The largest absolute Gasteiger partial charge is 0.342 e. The van der Waals surface area contributed by atoms with E-state index < -0.39 is 0 Å². The lowest BCUT2D eigenvalue weighted by molar-refractivity contribution is -0.116. The van der Waals surface area contributed by atoms with Crippen LogP contribution in [0.4, 0.5) is 11.6 Å². The molecule has 0 bridgehead atoms. The van der Waals surface area contributed by atoms with E-state index >= 15 is 0 Å². The summed E-state index contributed by atoms with van der Waals surface area (Å²) >= 11 is 0. The molecule has 1 fully saturated rings. The first kappa shape index (κ1) is 19.1. The van der Waals surface area contributed by atoms with Gasteiger partial charge in [0.2, 0.25) is 11.9 Å². The first-order valence-corrected chi connectivity index (χ1v) is 9.72. The standard InChI is InChI=1S/C21H28N4O2/c1-4-17-10-6-7-11-18(17)23-19(26)14-25-20(27)15(2)16(3)22-21(25)24-12-8-5-9-13-24/h6-7,10-11H,4-5,8-9,12-14H2,1-3H3,(H,23,26). The molecule has 0 spiro atoms. The van der Waals surface area contributed by atoms with Crippen molar-refractivity contribution in [2.45, 2.75) is 53.0 Å². The molecule has 6 heteroatoms. The van der Waals surface area contributed by atoms with Gasteiger partial charge >= 0.3 is 0 Å². The zero-order chi connectivity index (χ0) is 19.4. The number of amides is 1. The monoisotopic (exact) mass is 368 g/mol. The number of aromatic nitrogens is 2. The zero-order valence-electron chi connectivity index (χ0n) is 16.4. The highest BCUT2D eigenvalue weighted by Gasteiger charge is 2.21. The van der Waals surface area contributed by atoms with Gasteiger partial charge in [0.15, 0.2) is 0 Å². The fourth-order valence-corrected chi connectivity index (χ4v) is 3.50. The zero-order valence-corrected chi connectivity index (χ0v) is 16.4. The molecule has 0 aliphatic carbocycles. The Morgan fingerprint density at radius 2 is 1.85 bits per heavy atom. The van der Waals surface area contributed by atoms with E-state index in [1.165, 1.54) is 11.0 Å². The predicted molar refractivity (Wildman–Crippen MR) is 108 cm³/mol. The Balaban J connectivity index is 1.89. The molecule has 3 rings (SSSR count). The summed E-state index contributed by atoms with van der Waals surface area (Å²) in [6.07, 6.45) is 4.19. The van der Waals surface area contributed by atoms with Crippen LogP contribution in [-0.4, -0.2) is 28.5 Å². The maximum absolute atomic E-state index is 12.9. The van der Waals surface area contributed by atoms with Gasteiger partial charge in [0.05, 0.1) is 0 Å². The normalized spacial score (nSPS) is 14.3. The molecular formula is C21H28N4O2. The molecule has 0 unspecified atom stereocenters. The minimum atomic E-state index is -0.207. The summed E-state index contributed by atoms with van der Waals surface area (Å²) in [6, 6.07) is 7.75.